The summed E-state index contributed by atoms with van der Waals surface area (Å²) in [5.74, 6) is 0.812. The van der Waals surface area contributed by atoms with Gasteiger partial charge in [-0.25, -0.2) is 0 Å². The molecule has 1 aliphatic rings. The second-order valence-corrected chi connectivity index (χ2v) is 5.77. The normalized spacial score (nSPS) is 17.2. The molecule has 0 aliphatic carbocycles. The van der Waals surface area contributed by atoms with E-state index in [1.165, 1.54) is 0 Å². The van der Waals surface area contributed by atoms with E-state index in [9.17, 15) is 4.79 Å². The number of amides is 1. The summed E-state index contributed by atoms with van der Waals surface area (Å²) in [6.45, 7) is 6.07. The highest BCUT2D eigenvalue weighted by Crippen LogP contribution is 2.19. The second-order valence-electron chi connectivity index (χ2n) is 5.77. The van der Waals surface area contributed by atoms with Crippen LogP contribution >= 0.6 is 0 Å². The molecule has 1 aromatic rings. The van der Waals surface area contributed by atoms with Crippen molar-refractivity contribution in [3.8, 4) is 5.75 Å². The second kappa shape index (κ2) is 6.75. The van der Waals surface area contributed by atoms with E-state index >= 15 is 0 Å². The zero-order valence-corrected chi connectivity index (χ0v) is 12.6. The van der Waals surface area contributed by atoms with Crippen molar-refractivity contribution in [3.05, 3.63) is 29.8 Å². The Bertz CT molecular complexity index is 434. The quantitative estimate of drug-likeness (QED) is 0.917. The zero-order valence-electron chi connectivity index (χ0n) is 12.6. The summed E-state index contributed by atoms with van der Waals surface area (Å²) in [6, 6.07) is 7.56. The lowest BCUT2D eigenvalue weighted by Crippen LogP contribution is -2.35. The number of benzene rings is 1. The molecule has 1 saturated heterocycles. The molecular formula is C16H24N2O2. The van der Waals surface area contributed by atoms with Crippen LogP contribution < -0.4 is 10.1 Å². The highest BCUT2D eigenvalue weighted by molar-refractivity contribution is 5.94. The third kappa shape index (κ3) is 4.23. The number of nitrogens with zero attached hydrogens (tertiary/aromatic N) is 1. The summed E-state index contributed by atoms with van der Waals surface area (Å²) in [6.07, 6.45) is 2.42. The van der Waals surface area contributed by atoms with Gasteiger partial charge in [-0.15, -0.1) is 0 Å². The molecule has 0 bridgehead atoms. The van der Waals surface area contributed by atoms with Gasteiger partial charge in [-0.3, -0.25) is 4.79 Å². The van der Waals surface area contributed by atoms with Crippen LogP contribution in [0, 0.1) is 0 Å². The Morgan fingerprint density at radius 1 is 1.25 bits per heavy atom. The summed E-state index contributed by atoms with van der Waals surface area (Å²) < 4.78 is 5.96. The van der Waals surface area contributed by atoms with Crippen molar-refractivity contribution < 1.29 is 9.53 Å². The fourth-order valence-electron chi connectivity index (χ4n) is 2.33. The van der Waals surface area contributed by atoms with E-state index in [0.717, 1.165) is 31.7 Å². The van der Waals surface area contributed by atoms with E-state index in [2.05, 4.69) is 17.3 Å². The van der Waals surface area contributed by atoms with Gasteiger partial charge in [0.15, 0.2) is 0 Å². The van der Waals surface area contributed by atoms with E-state index in [4.69, 9.17) is 4.74 Å². The Morgan fingerprint density at radius 3 is 2.40 bits per heavy atom. The van der Waals surface area contributed by atoms with E-state index in [1.807, 2.05) is 38.1 Å². The van der Waals surface area contributed by atoms with E-state index in [-0.39, 0.29) is 11.9 Å². The van der Waals surface area contributed by atoms with Crippen molar-refractivity contribution in [2.24, 2.45) is 0 Å². The van der Waals surface area contributed by atoms with Gasteiger partial charge in [-0.2, -0.15) is 0 Å². The first kappa shape index (κ1) is 14.9. The fraction of sp³-hybridized carbons (Fsp3) is 0.562. The van der Waals surface area contributed by atoms with E-state index in [1.54, 1.807) is 0 Å². The maximum absolute atomic E-state index is 11.8. The Balaban J connectivity index is 1.90. The molecule has 0 aromatic heterocycles. The lowest BCUT2D eigenvalue weighted by atomic mass is 10.1. The number of carbonyl (C=O) groups is 1. The van der Waals surface area contributed by atoms with E-state index < -0.39 is 0 Å². The summed E-state index contributed by atoms with van der Waals surface area (Å²) in [5.41, 5.74) is 0.675. The van der Waals surface area contributed by atoms with Gasteiger partial charge < -0.3 is 15.0 Å². The molecular weight excluding hydrogens is 252 g/mol. The van der Waals surface area contributed by atoms with Gasteiger partial charge in [0, 0.05) is 24.7 Å². The number of carbonyl (C=O) groups excluding carboxylic acids is 1. The molecule has 110 valence electrons. The molecule has 1 amide bonds. The molecule has 4 heteroatoms. The minimum Gasteiger partial charge on any atom is -0.490 e. The van der Waals surface area contributed by atoms with Crippen LogP contribution in [-0.4, -0.2) is 43.1 Å². The van der Waals surface area contributed by atoms with Crippen molar-refractivity contribution in [3.63, 3.8) is 0 Å². The average Bonchev–Trinajstić information content (AvgIpc) is 2.41. The van der Waals surface area contributed by atoms with Crippen LogP contribution in [0.1, 0.15) is 37.0 Å². The molecule has 1 N–H and O–H groups in total. The average molecular weight is 276 g/mol. The number of hydrogen-bond acceptors (Lipinski definition) is 3. The first-order valence-electron chi connectivity index (χ1n) is 7.30. The van der Waals surface area contributed by atoms with Crippen molar-refractivity contribution in [1.29, 1.82) is 0 Å². The maximum atomic E-state index is 11.8. The van der Waals surface area contributed by atoms with Crippen LogP contribution in [0.2, 0.25) is 0 Å². The predicted octanol–water partition coefficient (Wildman–Crippen LogP) is 2.30. The van der Waals surface area contributed by atoms with Gasteiger partial charge in [0.25, 0.3) is 5.91 Å². The van der Waals surface area contributed by atoms with Gasteiger partial charge in [0.1, 0.15) is 11.9 Å². The van der Waals surface area contributed by atoms with Crippen LogP contribution in [0.5, 0.6) is 5.75 Å². The zero-order chi connectivity index (χ0) is 14.5. The van der Waals surface area contributed by atoms with Gasteiger partial charge in [0.2, 0.25) is 0 Å². The van der Waals surface area contributed by atoms with Crippen molar-refractivity contribution in [2.75, 3.05) is 20.1 Å². The lowest BCUT2D eigenvalue weighted by molar-refractivity contribution is 0.0943. The minimum atomic E-state index is -0.0363. The highest BCUT2D eigenvalue weighted by atomic mass is 16.5. The van der Waals surface area contributed by atoms with Gasteiger partial charge in [0.05, 0.1) is 0 Å². The number of rotatable bonds is 4. The third-order valence-electron chi connectivity index (χ3n) is 3.50. The maximum Gasteiger partial charge on any atom is 0.251 e. The summed E-state index contributed by atoms with van der Waals surface area (Å²) >= 11 is 0. The standard InChI is InChI=1S/C16H24N2O2/c1-12(2)17-16(19)13-4-6-14(7-5-13)20-15-8-10-18(3)11-9-15/h4-7,12,15H,8-11H2,1-3H3,(H,17,19). The molecule has 0 atom stereocenters. The molecule has 2 rings (SSSR count). The van der Waals surface area contributed by atoms with Crippen LogP contribution in [0.25, 0.3) is 0 Å². The van der Waals surface area contributed by atoms with Gasteiger partial charge in [-0.05, 0) is 58.0 Å². The Labute approximate surface area is 121 Å². The molecule has 0 spiro atoms. The number of piperidine rings is 1. The van der Waals surface area contributed by atoms with E-state index in [0.29, 0.717) is 11.7 Å². The van der Waals surface area contributed by atoms with Crippen molar-refractivity contribution >= 4 is 5.91 Å². The van der Waals surface area contributed by atoms with Gasteiger partial charge in [-0.1, -0.05) is 0 Å². The summed E-state index contributed by atoms with van der Waals surface area (Å²) in [7, 11) is 2.14. The molecule has 1 aliphatic heterocycles. The number of nitrogens with one attached hydrogen (secondary N) is 1. The first-order chi connectivity index (χ1) is 9.54. The monoisotopic (exact) mass is 276 g/mol. The highest BCUT2D eigenvalue weighted by Gasteiger charge is 2.18. The van der Waals surface area contributed by atoms with Crippen LogP contribution in [0.15, 0.2) is 24.3 Å². The number of ether oxygens (including phenoxy) is 1. The molecule has 0 saturated carbocycles. The van der Waals surface area contributed by atoms with Gasteiger partial charge >= 0.3 is 0 Å². The van der Waals surface area contributed by atoms with Crippen LogP contribution in [0.3, 0.4) is 0 Å². The largest absolute Gasteiger partial charge is 0.490 e. The fourth-order valence-corrected chi connectivity index (χ4v) is 2.33. The molecule has 1 heterocycles. The Kier molecular flexibility index (Phi) is 5.01. The van der Waals surface area contributed by atoms with Crippen molar-refractivity contribution in [2.45, 2.75) is 38.8 Å². The minimum absolute atomic E-state index is 0.0363. The molecule has 0 unspecified atom stereocenters. The predicted molar refractivity (Wildman–Crippen MR) is 80.2 cm³/mol. The Hall–Kier alpha value is -1.55. The first-order valence-corrected chi connectivity index (χ1v) is 7.30. The van der Waals surface area contributed by atoms with Crippen LogP contribution in [0.4, 0.5) is 0 Å². The SMILES string of the molecule is CC(C)NC(=O)c1ccc(OC2CCN(C)CC2)cc1. The molecule has 0 radical (unpaired) electrons. The molecule has 4 nitrogen and oxygen atoms in total. The molecule has 1 aromatic carbocycles. The smallest absolute Gasteiger partial charge is 0.251 e. The molecule has 20 heavy (non-hydrogen) atoms. The third-order valence-corrected chi connectivity index (χ3v) is 3.50. The van der Waals surface area contributed by atoms with Crippen molar-refractivity contribution in [1.82, 2.24) is 10.2 Å². The lowest BCUT2D eigenvalue weighted by Gasteiger charge is -2.29. The van der Waals surface area contributed by atoms with Crippen LogP contribution in [-0.2, 0) is 0 Å². The topological polar surface area (TPSA) is 41.6 Å². The summed E-state index contributed by atoms with van der Waals surface area (Å²) in [4.78, 5) is 14.2. The molecule has 1 fully saturated rings. The number of likely N-dealkylation sites (tertiary alicyclic amines) is 1. The Morgan fingerprint density at radius 2 is 1.85 bits per heavy atom. The summed E-state index contributed by atoms with van der Waals surface area (Å²) in [5, 5.41) is 2.88. The number of hydrogen-bond donors (Lipinski definition) is 1.